The zero-order valence-electron chi connectivity index (χ0n) is 12.3. The van der Waals surface area contributed by atoms with Crippen molar-refractivity contribution in [3.05, 3.63) is 12.7 Å². The van der Waals surface area contributed by atoms with Crippen LogP contribution >= 0.6 is 0 Å². The number of rotatable bonds is 4. The first-order valence-electron chi connectivity index (χ1n) is 6.71. The monoisotopic (exact) mass is 306 g/mol. The van der Waals surface area contributed by atoms with Gasteiger partial charge in [0.05, 0.1) is 11.3 Å². The Morgan fingerprint density at radius 3 is 2.20 bits per heavy atom. The van der Waals surface area contributed by atoms with E-state index < -0.39 is 27.3 Å². The van der Waals surface area contributed by atoms with Gasteiger partial charge < -0.3 is 11.1 Å². The number of hydrogen-bond donors (Lipinski definition) is 3. The van der Waals surface area contributed by atoms with Crippen molar-refractivity contribution in [1.29, 1.82) is 0 Å². The van der Waals surface area contributed by atoms with Gasteiger partial charge in [0.2, 0.25) is 5.91 Å². The maximum atomic E-state index is 10.8. The molecule has 1 amide bonds. The molecule has 1 aliphatic rings. The summed E-state index contributed by atoms with van der Waals surface area (Å²) in [6.07, 6.45) is 7.70. The topological polar surface area (TPSA) is 109 Å². The van der Waals surface area contributed by atoms with E-state index in [4.69, 9.17) is 10.3 Å². The van der Waals surface area contributed by atoms with Gasteiger partial charge in [-0.15, -0.1) is 0 Å². The summed E-state index contributed by atoms with van der Waals surface area (Å²) >= 11 is 0. The van der Waals surface area contributed by atoms with Gasteiger partial charge in [-0.1, -0.05) is 25.8 Å². The molecule has 1 fully saturated rings. The highest BCUT2D eigenvalue weighted by Gasteiger charge is 2.25. The molecule has 0 bridgehead atoms. The Morgan fingerprint density at radius 2 is 1.90 bits per heavy atom. The van der Waals surface area contributed by atoms with Gasteiger partial charge in [0.15, 0.2) is 0 Å². The first-order valence-corrected chi connectivity index (χ1v) is 8.32. The van der Waals surface area contributed by atoms with Crippen LogP contribution in [-0.4, -0.2) is 36.2 Å². The van der Waals surface area contributed by atoms with Crippen LogP contribution in [0.2, 0.25) is 0 Å². The van der Waals surface area contributed by atoms with Gasteiger partial charge in [0.1, 0.15) is 0 Å². The largest absolute Gasteiger partial charge is 0.347 e. The van der Waals surface area contributed by atoms with Crippen molar-refractivity contribution in [2.45, 2.75) is 57.5 Å². The summed E-state index contributed by atoms with van der Waals surface area (Å²) in [5.74, 6) is -1.01. The second-order valence-corrected chi connectivity index (χ2v) is 7.15. The molecule has 0 spiro atoms. The maximum absolute atomic E-state index is 10.8. The third kappa shape index (κ3) is 11.0. The molecule has 0 aliphatic heterocycles. The van der Waals surface area contributed by atoms with Crippen LogP contribution in [0.5, 0.6) is 0 Å². The second-order valence-electron chi connectivity index (χ2n) is 5.70. The van der Waals surface area contributed by atoms with Gasteiger partial charge in [-0.05, 0) is 32.8 Å². The third-order valence-electron chi connectivity index (χ3n) is 2.84. The number of hydrogen-bond acceptors (Lipinski definition) is 4. The Hall–Kier alpha value is -0.920. The second kappa shape index (κ2) is 8.39. The van der Waals surface area contributed by atoms with E-state index in [1.54, 1.807) is 0 Å². The van der Waals surface area contributed by atoms with Crippen molar-refractivity contribution in [2.75, 3.05) is 5.75 Å². The van der Waals surface area contributed by atoms with E-state index >= 15 is 0 Å². The normalized spacial score (nSPS) is 16.8. The van der Waals surface area contributed by atoms with E-state index in [1.165, 1.54) is 46.0 Å². The molecule has 0 atom stereocenters. The fraction of sp³-hybridized carbons (Fsp3) is 0.769. The minimum atomic E-state index is -4.08. The number of carbonyl (C=O) groups is 1. The first kappa shape index (κ1) is 19.1. The number of carbonyl (C=O) groups excluding carboxylic acids is 1. The lowest BCUT2D eigenvalue weighted by Gasteiger charge is -2.23. The van der Waals surface area contributed by atoms with E-state index in [1.807, 2.05) is 0 Å². The molecule has 0 heterocycles. The van der Waals surface area contributed by atoms with Gasteiger partial charge in [-0.25, -0.2) is 0 Å². The highest BCUT2D eigenvalue weighted by Crippen LogP contribution is 2.14. The SMILES string of the molecule is C=CC(=O)NC(C)(C)CS(=O)(=O)O.NC1CCCCC1. The quantitative estimate of drug-likeness (QED) is 0.534. The van der Waals surface area contributed by atoms with Crippen molar-refractivity contribution < 1.29 is 17.8 Å². The summed E-state index contributed by atoms with van der Waals surface area (Å²) in [7, 11) is -4.08. The Morgan fingerprint density at radius 1 is 1.40 bits per heavy atom. The average Bonchev–Trinajstić information content (AvgIpc) is 2.26. The molecule has 0 aromatic rings. The van der Waals surface area contributed by atoms with Crippen molar-refractivity contribution >= 4 is 16.0 Å². The van der Waals surface area contributed by atoms with E-state index in [0.29, 0.717) is 6.04 Å². The molecule has 1 aliphatic carbocycles. The van der Waals surface area contributed by atoms with Crippen molar-refractivity contribution in [2.24, 2.45) is 5.73 Å². The lowest BCUT2D eigenvalue weighted by molar-refractivity contribution is -0.117. The van der Waals surface area contributed by atoms with E-state index in [-0.39, 0.29) is 0 Å². The van der Waals surface area contributed by atoms with Crippen molar-refractivity contribution in [3.8, 4) is 0 Å². The Labute approximate surface area is 121 Å². The molecule has 1 saturated carbocycles. The van der Waals surface area contributed by atoms with Crippen LogP contribution in [0.25, 0.3) is 0 Å². The zero-order valence-corrected chi connectivity index (χ0v) is 13.1. The van der Waals surface area contributed by atoms with Gasteiger partial charge in [0, 0.05) is 6.04 Å². The van der Waals surface area contributed by atoms with Gasteiger partial charge in [-0.3, -0.25) is 9.35 Å². The minimum Gasteiger partial charge on any atom is -0.347 e. The standard InChI is InChI=1S/C7H13NO4S.C6H13N/c1-4-6(9)8-7(2,3)5-13(10,11)12;7-6-4-2-1-3-5-6/h4H,1,5H2,2-3H3,(H,8,9)(H,10,11,12);6H,1-5,7H2. The smallest absolute Gasteiger partial charge is 0.267 e. The average molecular weight is 306 g/mol. The van der Waals surface area contributed by atoms with E-state index in [2.05, 4.69) is 11.9 Å². The summed E-state index contributed by atoms with van der Waals surface area (Å²) in [5.41, 5.74) is 4.63. The lowest BCUT2D eigenvalue weighted by atomic mass is 9.97. The summed E-state index contributed by atoms with van der Waals surface area (Å²) in [6.45, 7) is 6.19. The van der Waals surface area contributed by atoms with Gasteiger partial charge in [-0.2, -0.15) is 8.42 Å². The van der Waals surface area contributed by atoms with Crippen LogP contribution in [-0.2, 0) is 14.9 Å². The van der Waals surface area contributed by atoms with Crippen LogP contribution in [0, 0.1) is 0 Å². The third-order valence-corrected chi connectivity index (χ3v) is 3.93. The predicted molar refractivity (Wildman–Crippen MR) is 79.9 cm³/mol. The molecule has 7 heteroatoms. The zero-order chi connectivity index (χ0) is 15.8. The van der Waals surface area contributed by atoms with Crippen molar-refractivity contribution in [3.63, 3.8) is 0 Å². The lowest BCUT2D eigenvalue weighted by Crippen LogP contribution is -2.47. The van der Waals surface area contributed by atoms with Gasteiger partial charge >= 0.3 is 0 Å². The van der Waals surface area contributed by atoms with Crippen LogP contribution in [0.15, 0.2) is 12.7 Å². The molecule has 4 N–H and O–H groups in total. The molecule has 0 unspecified atom stereocenters. The Balaban J connectivity index is 0.000000428. The predicted octanol–water partition coefficient (Wildman–Crippen LogP) is 1.23. The van der Waals surface area contributed by atoms with Crippen molar-refractivity contribution in [1.82, 2.24) is 5.32 Å². The minimum absolute atomic E-state index is 0.478. The summed E-state index contributed by atoms with van der Waals surface area (Å²) < 4.78 is 29.5. The molecule has 0 saturated heterocycles. The number of nitrogens with one attached hydrogen (secondary N) is 1. The molecule has 0 aromatic heterocycles. The summed E-state index contributed by atoms with van der Waals surface area (Å²) in [4.78, 5) is 10.8. The maximum Gasteiger partial charge on any atom is 0.267 e. The van der Waals surface area contributed by atoms with E-state index in [9.17, 15) is 13.2 Å². The number of amides is 1. The first-order chi connectivity index (χ1) is 9.06. The molecular formula is C13H26N2O4S. The highest BCUT2D eigenvalue weighted by molar-refractivity contribution is 7.85. The van der Waals surface area contributed by atoms with E-state index in [0.717, 1.165) is 6.08 Å². The molecule has 6 nitrogen and oxygen atoms in total. The fourth-order valence-electron chi connectivity index (χ4n) is 2.01. The van der Waals surface area contributed by atoms with Crippen LogP contribution in [0.4, 0.5) is 0 Å². The summed E-state index contributed by atoms with van der Waals surface area (Å²) in [5, 5.41) is 2.37. The molecule has 20 heavy (non-hydrogen) atoms. The van der Waals surface area contributed by atoms with Gasteiger partial charge in [0.25, 0.3) is 10.1 Å². The van der Waals surface area contributed by atoms with Crippen LogP contribution in [0.3, 0.4) is 0 Å². The highest BCUT2D eigenvalue weighted by atomic mass is 32.2. The Bertz CT molecular complexity index is 412. The Kier molecular flexibility index (Phi) is 8.00. The molecule has 1 rings (SSSR count). The molecular weight excluding hydrogens is 280 g/mol. The molecule has 0 aromatic carbocycles. The molecule has 118 valence electrons. The van der Waals surface area contributed by atoms with Crippen LogP contribution in [0.1, 0.15) is 46.0 Å². The fourth-order valence-corrected chi connectivity index (χ4v) is 2.99. The summed E-state index contributed by atoms with van der Waals surface area (Å²) in [6, 6.07) is 0.536. The number of nitrogens with two attached hydrogens (primary N) is 1. The molecule has 0 radical (unpaired) electrons. The van der Waals surface area contributed by atoms with Crippen LogP contribution < -0.4 is 11.1 Å².